The van der Waals surface area contributed by atoms with Gasteiger partial charge in [-0.1, -0.05) is 36.4 Å². The molecule has 0 bridgehead atoms. The maximum atomic E-state index is 5.45. The van der Waals surface area contributed by atoms with E-state index in [1.54, 1.807) is 0 Å². The Kier molecular flexibility index (Phi) is 2.03. The van der Waals surface area contributed by atoms with E-state index in [9.17, 15) is 0 Å². The highest BCUT2D eigenvalue weighted by atomic mass is 16.3. The minimum absolute atomic E-state index is 0.709. The number of fused-ring (bicyclic) bond motifs is 1. The number of oxazole rings is 1. The Bertz CT molecular complexity index is 631. The summed E-state index contributed by atoms with van der Waals surface area (Å²) >= 11 is 0. The summed E-state index contributed by atoms with van der Waals surface area (Å²) in [7, 11) is 1.86. The van der Waals surface area contributed by atoms with Crippen molar-refractivity contribution in [3.63, 3.8) is 0 Å². The molecule has 1 aromatic heterocycles. The van der Waals surface area contributed by atoms with Gasteiger partial charge in [0.05, 0.1) is 0 Å². The van der Waals surface area contributed by atoms with Crippen molar-refractivity contribution in [3.05, 3.63) is 48.5 Å². The third-order valence-corrected chi connectivity index (χ3v) is 2.60. The number of hydrogen-bond donors (Lipinski definition) is 0. The van der Waals surface area contributed by atoms with Crippen LogP contribution >= 0.6 is 0 Å². The molecule has 3 aromatic rings. The molecular formula is C13H10BNO. The van der Waals surface area contributed by atoms with E-state index >= 15 is 0 Å². The van der Waals surface area contributed by atoms with Gasteiger partial charge in [0, 0.05) is 0 Å². The van der Waals surface area contributed by atoms with Crippen LogP contribution in [0.15, 0.2) is 52.9 Å². The second kappa shape index (κ2) is 3.52. The molecule has 16 heavy (non-hydrogen) atoms. The molecule has 0 unspecified atom stereocenters. The topological polar surface area (TPSA) is 26.0 Å². The molecule has 0 spiro atoms. The van der Waals surface area contributed by atoms with Crippen LogP contribution < -0.4 is 5.79 Å². The highest BCUT2D eigenvalue weighted by molar-refractivity contribution is 6.28. The lowest BCUT2D eigenvalue weighted by Gasteiger charge is -1.99. The van der Waals surface area contributed by atoms with Crippen LogP contribution in [0.1, 0.15) is 0 Å². The van der Waals surface area contributed by atoms with Crippen LogP contribution in [0.4, 0.5) is 0 Å². The average Bonchev–Trinajstić information content (AvgIpc) is 2.69. The monoisotopic (exact) mass is 207 g/mol. The summed E-state index contributed by atoms with van der Waals surface area (Å²) in [5, 5.41) is 0. The van der Waals surface area contributed by atoms with E-state index in [2.05, 4.69) is 29.2 Å². The highest BCUT2D eigenvalue weighted by Gasteiger charge is 2.03. The molecule has 0 aliphatic heterocycles. The minimum Gasteiger partial charge on any atom is -0.452 e. The van der Waals surface area contributed by atoms with Crippen molar-refractivity contribution in [1.82, 2.24) is 4.98 Å². The molecule has 0 saturated carbocycles. The van der Waals surface area contributed by atoms with Crippen molar-refractivity contribution >= 4 is 24.7 Å². The zero-order valence-corrected chi connectivity index (χ0v) is 8.97. The molecule has 0 saturated heterocycles. The standard InChI is InChI=1S/C13H10BNO/c14-13-15-11-8-10(6-7-12(11)16-13)9-4-2-1-3-5-9/h1-8H,14H2. The number of rotatable bonds is 1. The largest absolute Gasteiger partial charge is 0.452 e. The SMILES string of the molecule is Bc1nc2cc(-c3ccccc3)ccc2o1. The van der Waals surface area contributed by atoms with Crippen molar-refractivity contribution in [2.75, 3.05) is 0 Å². The molecule has 0 amide bonds. The first-order valence-electron chi connectivity index (χ1n) is 5.25. The van der Waals surface area contributed by atoms with Crippen LogP contribution in [-0.2, 0) is 0 Å². The Morgan fingerprint density at radius 1 is 0.938 bits per heavy atom. The van der Waals surface area contributed by atoms with E-state index in [0.29, 0.717) is 5.79 Å². The summed E-state index contributed by atoms with van der Waals surface area (Å²) in [6.07, 6.45) is 0. The Labute approximate surface area is 94.3 Å². The van der Waals surface area contributed by atoms with Gasteiger partial charge in [-0.2, -0.15) is 0 Å². The average molecular weight is 207 g/mol. The lowest BCUT2D eigenvalue weighted by atomic mass is 10.1. The van der Waals surface area contributed by atoms with Crippen molar-refractivity contribution in [2.24, 2.45) is 0 Å². The number of aromatic nitrogens is 1. The van der Waals surface area contributed by atoms with Gasteiger partial charge in [-0.3, -0.25) is 0 Å². The van der Waals surface area contributed by atoms with Gasteiger partial charge in [-0.05, 0) is 23.3 Å². The van der Waals surface area contributed by atoms with Crippen molar-refractivity contribution in [1.29, 1.82) is 0 Å². The molecule has 2 aromatic carbocycles. The molecule has 0 atom stereocenters. The van der Waals surface area contributed by atoms with Crippen LogP contribution in [0.3, 0.4) is 0 Å². The zero-order valence-electron chi connectivity index (χ0n) is 8.97. The molecule has 76 valence electrons. The molecule has 0 fully saturated rings. The number of hydrogen-bond acceptors (Lipinski definition) is 2. The van der Waals surface area contributed by atoms with Gasteiger partial charge in [-0.25, -0.2) is 4.98 Å². The first-order chi connectivity index (χ1) is 7.83. The van der Waals surface area contributed by atoms with E-state index in [1.165, 1.54) is 11.1 Å². The van der Waals surface area contributed by atoms with Crippen LogP contribution in [0.5, 0.6) is 0 Å². The highest BCUT2D eigenvalue weighted by Crippen LogP contribution is 2.22. The molecule has 2 nitrogen and oxygen atoms in total. The van der Waals surface area contributed by atoms with Crippen LogP contribution in [0.25, 0.3) is 22.2 Å². The Morgan fingerprint density at radius 3 is 2.56 bits per heavy atom. The summed E-state index contributed by atoms with van der Waals surface area (Å²) < 4.78 is 5.45. The molecular weight excluding hydrogens is 197 g/mol. The van der Waals surface area contributed by atoms with Crippen molar-refractivity contribution in [2.45, 2.75) is 0 Å². The van der Waals surface area contributed by atoms with Gasteiger partial charge in [0.25, 0.3) is 0 Å². The van der Waals surface area contributed by atoms with Gasteiger partial charge >= 0.3 is 0 Å². The van der Waals surface area contributed by atoms with Crippen LogP contribution in [0, 0.1) is 0 Å². The lowest BCUT2D eigenvalue weighted by molar-refractivity contribution is 0.644. The number of nitrogens with zero attached hydrogens (tertiary/aromatic N) is 1. The third-order valence-electron chi connectivity index (χ3n) is 2.60. The fraction of sp³-hybridized carbons (Fsp3) is 0. The maximum Gasteiger partial charge on any atom is 0.212 e. The maximum absolute atomic E-state index is 5.45. The van der Waals surface area contributed by atoms with E-state index in [4.69, 9.17) is 4.42 Å². The summed E-state index contributed by atoms with van der Waals surface area (Å²) in [5.74, 6) is 0.709. The third kappa shape index (κ3) is 1.50. The van der Waals surface area contributed by atoms with Crippen LogP contribution in [-0.4, -0.2) is 12.8 Å². The summed E-state index contributed by atoms with van der Waals surface area (Å²) in [6, 6.07) is 16.4. The smallest absolute Gasteiger partial charge is 0.212 e. The van der Waals surface area contributed by atoms with Gasteiger partial charge in [0.15, 0.2) is 5.58 Å². The predicted octanol–water partition coefficient (Wildman–Crippen LogP) is 1.75. The van der Waals surface area contributed by atoms with E-state index in [-0.39, 0.29) is 0 Å². The quantitative estimate of drug-likeness (QED) is 0.568. The van der Waals surface area contributed by atoms with Crippen molar-refractivity contribution in [3.8, 4) is 11.1 Å². The van der Waals surface area contributed by atoms with Gasteiger partial charge < -0.3 is 4.42 Å². The summed E-state index contributed by atoms with van der Waals surface area (Å²) in [4.78, 5) is 4.33. The van der Waals surface area contributed by atoms with Crippen molar-refractivity contribution < 1.29 is 4.42 Å². The second-order valence-corrected chi connectivity index (χ2v) is 3.78. The molecule has 0 aliphatic carbocycles. The first-order valence-corrected chi connectivity index (χ1v) is 5.25. The van der Waals surface area contributed by atoms with Crippen LogP contribution in [0.2, 0.25) is 0 Å². The molecule has 3 heteroatoms. The van der Waals surface area contributed by atoms with Gasteiger partial charge in [0.2, 0.25) is 7.85 Å². The predicted molar refractivity (Wildman–Crippen MR) is 67.6 cm³/mol. The molecule has 0 radical (unpaired) electrons. The van der Waals surface area contributed by atoms with E-state index in [0.717, 1.165) is 11.1 Å². The number of benzene rings is 2. The normalized spacial score (nSPS) is 10.8. The zero-order chi connectivity index (χ0) is 11.0. The van der Waals surface area contributed by atoms with Gasteiger partial charge in [-0.15, -0.1) is 0 Å². The summed E-state index contributed by atoms with van der Waals surface area (Å²) in [6.45, 7) is 0. The lowest BCUT2D eigenvalue weighted by Crippen LogP contribution is -1.99. The fourth-order valence-corrected chi connectivity index (χ4v) is 1.85. The Morgan fingerprint density at radius 2 is 1.75 bits per heavy atom. The van der Waals surface area contributed by atoms with E-state index < -0.39 is 0 Å². The fourth-order valence-electron chi connectivity index (χ4n) is 1.85. The van der Waals surface area contributed by atoms with Gasteiger partial charge in [0.1, 0.15) is 11.3 Å². The summed E-state index contributed by atoms with van der Waals surface area (Å²) in [5.41, 5.74) is 4.13. The van der Waals surface area contributed by atoms with E-state index in [1.807, 2.05) is 32.1 Å². The Balaban J connectivity index is 2.18. The molecule has 0 N–H and O–H groups in total. The first kappa shape index (κ1) is 9.22. The second-order valence-electron chi connectivity index (χ2n) is 3.78. The molecule has 1 heterocycles. The minimum atomic E-state index is 0.709. The molecule has 0 aliphatic rings. The molecule has 3 rings (SSSR count). The Hall–Kier alpha value is -2.03.